The molecule has 1 saturated heterocycles. The lowest BCUT2D eigenvalue weighted by atomic mass is 9.94. The van der Waals surface area contributed by atoms with Gasteiger partial charge in [-0.05, 0) is 31.4 Å². The molecule has 1 aliphatic heterocycles. The first-order valence-corrected chi connectivity index (χ1v) is 9.06. The first kappa shape index (κ1) is 15.8. The summed E-state index contributed by atoms with van der Waals surface area (Å²) in [7, 11) is 0. The number of piperazine rings is 1. The normalized spacial score (nSPS) is 21.8. The van der Waals surface area contributed by atoms with Gasteiger partial charge in [0.1, 0.15) is 5.75 Å². The van der Waals surface area contributed by atoms with Crippen LogP contribution in [0.4, 0.5) is 0 Å². The number of nitrogens with zero attached hydrogens (tertiary/aromatic N) is 2. The maximum absolute atomic E-state index is 5.78. The van der Waals surface area contributed by atoms with Gasteiger partial charge in [-0.3, -0.25) is 4.90 Å². The fourth-order valence-electron chi connectivity index (χ4n) is 3.79. The Morgan fingerprint density at radius 2 is 1.64 bits per heavy atom. The van der Waals surface area contributed by atoms with Crippen LogP contribution in [-0.2, 0) is 0 Å². The molecule has 3 heteroatoms. The van der Waals surface area contributed by atoms with Gasteiger partial charge in [0.05, 0.1) is 6.61 Å². The van der Waals surface area contributed by atoms with Crippen molar-refractivity contribution in [3.05, 3.63) is 30.3 Å². The number of hydrogen-bond acceptors (Lipinski definition) is 3. The summed E-state index contributed by atoms with van der Waals surface area (Å²) in [4.78, 5) is 5.35. The monoisotopic (exact) mass is 302 g/mol. The van der Waals surface area contributed by atoms with E-state index in [0.717, 1.165) is 24.8 Å². The Morgan fingerprint density at radius 1 is 0.909 bits per heavy atom. The van der Waals surface area contributed by atoms with E-state index >= 15 is 0 Å². The summed E-state index contributed by atoms with van der Waals surface area (Å²) in [6.45, 7) is 7.01. The van der Waals surface area contributed by atoms with E-state index in [1.807, 2.05) is 30.3 Å². The molecule has 0 amide bonds. The van der Waals surface area contributed by atoms with Crippen molar-refractivity contribution >= 4 is 0 Å². The van der Waals surface area contributed by atoms with Gasteiger partial charge >= 0.3 is 0 Å². The van der Waals surface area contributed by atoms with E-state index in [4.69, 9.17) is 4.74 Å². The molecule has 1 aliphatic carbocycles. The Labute approximate surface area is 135 Å². The van der Waals surface area contributed by atoms with E-state index < -0.39 is 0 Å². The lowest BCUT2D eigenvalue weighted by molar-refractivity contribution is 0.0763. The zero-order valence-electron chi connectivity index (χ0n) is 13.8. The molecule has 3 nitrogen and oxygen atoms in total. The third-order valence-corrected chi connectivity index (χ3v) is 5.13. The number of benzene rings is 1. The molecule has 1 aromatic rings. The highest BCUT2D eigenvalue weighted by atomic mass is 16.5. The topological polar surface area (TPSA) is 15.7 Å². The van der Waals surface area contributed by atoms with Crippen LogP contribution in [0.3, 0.4) is 0 Å². The Balaban J connectivity index is 1.29. The van der Waals surface area contributed by atoms with Crippen molar-refractivity contribution in [3.8, 4) is 5.75 Å². The summed E-state index contributed by atoms with van der Waals surface area (Å²) in [5, 5.41) is 0. The molecule has 0 aromatic heterocycles. The standard InChI is InChI=1S/C19H30N2O/c1-3-8-18(9-4-1)21-15-13-20(14-16-21)12-7-17-22-19-10-5-2-6-11-19/h2,5-6,10-11,18H,1,3-4,7-9,12-17H2. The van der Waals surface area contributed by atoms with Crippen LogP contribution in [0.1, 0.15) is 38.5 Å². The minimum atomic E-state index is 0.826. The molecule has 0 N–H and O–H groups in total. The van der Waals surface area contributed by atoms with Gasteiger partial charge in [-0.15, -0.1) is 0 Å². The number of para-hydroxylation sites is 1. The quantitative estimate of drug-likeness (QED) is 0.749. The predicted octanol–water partition coefficient (Wildman–Crippen LogP) is 3.41. The fraction of sp³-hybridized carbons (Fsp3) is 0.684. The van der Waals surface area contributed by atoms with Gasteiger partial charge in [-0.1, -0.05) is 37.5 Å². The molecule has 0 atom stereocenters. The van der Waals surface area contributed by atoms with Gasteiger partial charge in [0.15, 0.2) is 0 Å². The summed E-state index contributed by atoms with van der Waals surface area (Å²) in [5.74, 6) is 0.990. The van der Waals surface area contributed by atoms with Gasteiger partial charge in [0.25, 0.3) is 0 Å². The maximum atomic E-state index is 5.78. The Hall–Kier alpha value is -1.06. The van der Waals surface area contributed by atoms with E-state index in [1.165, 1.54) is 64.8 Å². The van der Waals surface area contributed by atoms with Crippen LogP contribution < -0.4 is 4.74 Å². The second-order valence-corrected chi connectivity index (χ2v) is 6.68. The van der Waals surface area contributed by atoms with E-state index in [2.05, 4.69) is 9.80 Å². The first-order valence-electron chi connectivity index (χ1n) is 9.06. The average Bonchev–Trinajstić information content (AvgIpc) is 2.61. The van der Waals surface area contributed by atoms with E-state index in [1.54, 1.807) is 0 Å². The van der Waals surface area contributed by atoms with Crippen molar-refractivity contribution < 1.29 is 4.74 Å². The maximum Gasteiger partial charge on any atom is 0.119 e. The highest BCUT2D eigenvalue weighted by Gasteiger charge is 2.24. The zero-order chi connectivity index (χ0) is 15.0. The SMILES string of the molecule is c1ccc(OCCCN2CCN(C3CCCCC3)CC2)cc1. The summed E-state index contributed by atoms with van der Waals surface area (Å²) in [6.07, 6.45) is 8.34. The molecule has 1 saturated carbocycles. The Morgan fingerprint density at radius 3 is 2.36 bits per heavy atom. The third kappa shape index (κ3) is 4.72. The van der Waals surface area contributed by atoms with Crippen LogP contribution >= 0.6 is 0 Å². The third-order valence-electron chi connectivity index (χ3n) is 5.13. The van der Waals surface area contributed by atoms with Crippen molar-refractivity contribution in [2.75, 3.05) is 39.3 Å². The van der Waals surface area contributed by atoms with Crippen LogP contribution in [-0.4, -0.2) is 55.2 Å². The summed E-state index contributed by atoms with van der Waals surface area (Å²) in [5.41, 5.74) is 0. The Bertz CT molecular complexity index is 409. The second-order valence-electron chi connectivity index (χ2n) is 6.68. The molecule has 2 aliphatic rings. The van der Waals surface area contributed by atoms with Crippen LogP contribution in [0.15, 0.2) is 30.3 Å². The largest absolute Gasteiger partial charge is 0.494 e. The number of hydrogen-bond donors (Lipinski definition) is 0. The van der Waals surface area contributed by atoms with Gasteiger partial charge in [-0.25, -0.2) is 0 Å². The second kappa shape index (κ2) is 8.54. The van der Waals surface area contributed by atoms with Crippen LogP contribution in [0, 0.1) is 0 Å². The number of ether oxygens (including phenoxy) is 1. The van der Waals surface area contributed by atoms with Crippen molar-refractivity contribution in [1.29, 1.82) is 0 Å². The summed E-state index contributed by atoms with van der Waals surface area (Å²) in [6, 6.07) is 11.0. The van der Waals surface area contributed by atoms with Crippen LogP contribution in [0.25, 0.3) is 0 Å². The predicted molar refractivity (Wildman–Crippen MR) is 91.4 cm³/mol. The molecule has 0 bridgehead atoms. The molecule has 0 radical (unpaired) electrons. The lowest BCUT2D eigenvalue weighted by Crippen LogP contribution is -2.50. The average molecular weight is 302 g/mol. The van der Waals surface area contributed by atoms with E-state index in [-0.39, 0.29) is 0 Å². The molecule has 1 aromatic carbocycles. The Kier molecular flexibility index (Phi) is 6.14. The molecule has 1 heterocycles. The summed E-state index contributed by atoms with van der Waals surface area (Å²) >= 11 is 0. The van der Waals surface area contributed by atoms with Crippen LogP contribution in [0.5, 0.6) is 5.75 Å². The molecule has 22 heavy (non-hydrogen) atoms. The molecule has 3 rings (SSSR count). The van der Waals surface area contributed by atoms with Crippen molar-refractivity contribution in [2.45, 2.75) is 44.6 Å². The molecule has 2 fully saturated rings. The minimum Gasteiger partial charge on any atom is -0.494 e. The van der Waals surface area contributed by atoms with Gasteiger partial charge in [0.2, 0.25) is 0 Å². The number of rotatable bonds is 6. The van der Waals surface area contributed by atoms with Gasteiger partial charge < -0.3 is 9.64 Å². The molecule has 0 unspecified atom stereocenters. The minimum absolute atomic E-state index is 0.826. The van der Waals surface area contributed by atoms with E-state index in [0.29, 0.717) is 0 Å². The smallest absolute Gasteiger partial charge is 0.119 e. The highest BCUT2D eigenvalue weighted by Crippen LogP contribution is 2.23. The first-order chi connectivity index (χ1) is 10.9. The molecule has 0 spiro atoms. The van der Waals surface area contributed by atoms with Gasteiger partial charge in [0, 0.05) is 38.8 Å². The van der Waals surface area contributed by atoms with Crippen molar-refractivity contribution in [1.82, 2.24) is 9.80 Å². The zero-order valence-corrected chi connectivity index (χ0v) is 13.8. The van der Waals surface area contributed by atoms with Crippen molar-refractivity contribution in [3.63, 3.8) is 0 Å². The molecular formula is C19H30N2O. The van der Waals surface area contributed by atoms with Crippen LogP contribution in [0.2, 0.25) is 0 Å². The van der Waals surface area contributed by atoms with Gasteiger partial charge in [-0.2, -0.15) is 0 Å². The molecule has 122 valence electrons. The lowest BCUT2D eigenvalue weighted by Gasteiger charge is -2.40. The fourth-order valence-corrected chi connectivity index (χ4v) is 3.79. The van der Waals surface area contributed by atoms with E-state index in [9.17, 15) is 0 Å². The highest BCUT2D eigenvalue weighted by molar-refractivity contribution is 5.20. The molecular weight excluding hydrogens is 272 g/mol. The van der Waals surface area contributed by atoms with Crippen molar-refractivity contribution in [2.24, 2.45) is 0 Å². The summed E-state index contributed by atoms with van der Waals surface area (Å²) < 4.78 is 5.78.